The normalized spacial score (nSPS) is 21.9. The summed E-state index contributed by atoms with van der Waals surface area (Å²) >= 11 is -0.605. The number of halogens is 2. The average Bonchev–Trinajstić information content (AvgIpc) is 2.95. The fourth-order valence-corrected chi connectivity index (χ4v) is 7.49. The van der Waals surface area contributed by atoms with Gasteiger partial charge < -0.3 is 0 Å². The summed E-state index contributed by atoms with van der Waals surface area (Å²) in [5.41, 5.74) is 6.02. The van der Waals surface area contributed by atoms with E-state index in [1.165, 1.54) is 24.0 Å². The Labute approximate surface area is 152 Å². The molecule has 21 heavy (non-hydrogen) atoms. The molecule has 3 rings (SSSR count). The maximum Gasteiger partial charge on any atom is -0.147 e. The van der Waals surface area contributed by atoms with Gasteiger partial charge in [0.1, 0.15) is 0 Å². The first-order valence-electron chi connectivity index (χ1n) is 7.09. The van der Waals surface area contributed by atoms with Crippen LogP contribution in [0.1, 0.15) is 43.4 Å². The number of aryl methyl sites for hydroxylation is 1. The van der Waals surface area contributed by atoms with E-state index in [1.54, 1.807) is 14.4 Å². The molecule has 3 heteroatoms. The summed E-state index contributed by atoms with van der Waals surface area (Å²) in [7, 11) is 0. The van der Waals surface area contributed by atoms with E-state index in [1.807, 2.05) is 0 Å². The molecule has 2 aliphatic rings. The Kier molecular flexibility index (Phi) is 6.72. The van der Waals surface area contributed by atoms with Crippen LogP contribution in [-0.2, 0) is 26.4 Å². The van der Waals surface area contributed by atoms with Crippen LogP contribution in [0.3, 0.4) is 0 Å². The molecule has 2 aliphatic carbocycles. The molecule has 0 aliphatic heterocycles. The van der Waals surface area contributed by atoms with E-state index in [9.17, 15) is 0 Å². The largest absolute Gasteiger partial charge is 0.147 e. The Morgan fingerprint density at radius 3 is 2.67 bits per heavy atom. The number of hydrogen-bond donors (Lipinski definition) is 0. The minimum absolute atomic E-state index is 0. The second-order valence-electron chi connectivity index (χ2n) is 5.72. The molecule has 1 aromatic carbocycles. The number of fused-ring (bicyclic) bond motifs is 1. The first kappa shape index (κ1) is 19.0. The quantitative estimate of drug-likeness (QED) is 0.603. The Bertz CT molecular complexity index is 614. The molecule has 0 heterocycles. The van der Waals surface area contributed by atoms with Crippen LogP contribution in [0.5, 0.6) is 0 Å². The van der Waals surface area contributed by atoms with Gasteiger partial charge in [-0.25, -0.2) is 0 Å². The Morgan fingerprint density at radius 2 is 1.95 bits per heavy atom. The molecule has 0 saturated carbocycles. The van der Waals surface area contributed by atoms with E-state index in [0.717, 1.165) is 0 Å². The van der Waals surface area contributed by atoms with Gasteiger partial charge in [0.2, 0.25) is 0 Å². The summed E-state index contributed by atoms with van der Waals surface area (Å²) in [6.45, 7) is 6.92. The Hall–Kier alpha value is -0.0969. The van der Waals surface area contributed by atoms with Gasteiger partial charge in [0, 0.05) is 0 Å². The van der Waals surface area contributed by atoms with Crippen molar-refractivity contribution in [2.45, 2.75) is 36.7 Å². The number of rotatable bonds is 3. The van der Waals surface area contributed by atoms with Gasteiger partial charge in [0.05, 0.1) is 0 Å². The van der Waals surface area contributed by atoms with Crippen molar-refractivity contribution in [3.63, 3.8) is 0 Å². The summed E-state index contributed by atoms with van der Waals surface area (Å²) in [5, 5.41) is 0. The van der Waals surface area contributed by atoms with Crippen LogP contribution in [0.2, 0.25) is 0 Å². The van der Waals surface area contributed by atoms with Crippen LogP contribution in [0.25, 0.3) is 6.08 Å². The molecule has 1 aromatic rings. The van der Waals surface area contributed by atoms with Crippen molar-refractivity contribution in [3.8, 4) is 0 Å². The second kappa shape index (κ2) is 7.45. The molecular formula is C18H22Cl2Zr. The Balaban J connectivity index is 0.00000110. The molecule has 0 saturated heterocycles. The van der Waals surface area contributed by atoms with E-state index < -0.39 is 23.2 Å². The number of benzene rings is 1. The fourth-order valence-electron chi connectivity index (χ4n) is 3.07. The number of hydrogen-bond acceptors (Lipinski definition) is 0. The Morgan fingerprint density at radius 1 is 1.19 bits per heavy atom. The monoisotopic (exact) mass is 398 g/mol. The zero-order valence-corrected chi connectivity index (χ0v) is 16.9. The fraction of sp³-hybridized carbons (Fsp3) is 0.333. The van der Waals surface area contributed by atoms with Crippen LogP contribution in [0.4, 0.5) is 0 Å². The van der Waals surface area contributed by atoms with Crippen LogP contribution < -0.4 is 0 Å². The first-order valence-corrected chi connectivity index (χ1v) is 9.55. The summed E-state index contributed by atoms with van der Waals surface area (Å²) in [6, 6.07) is 6.96. The molecule has 1 unspecified atom stereocenters. The van der Waals surface area contributed by atoms with Crippen molar-refractivity contribution in [1.82, 2.24) is 0 Å². The van der Waals surface area contributed by atoms with E-state index in [0.29, 0.717) is 3.12 Å². The minimum Gasteiger partial charge on any atom is -0.147 e. The van der Waals surface area contributed by atoms with E-state index >= 15 is 0 Å². The van der Waals surface area contributed by atoms with Gasteiger partial charge in [-0.15, -0.1) is 24.8 Å². The number of allylic oxidation sites excluding steroid dienone is 5. The van der Waals surface area contributed by atoms with Gasteiger partial charge >= 0.3 is 128 Å². The van der Waals surface area contributed by atoms with Gasteiger partial charge in [-0.05, 0) is 0 Å². The van der Waals surface area contributed by atoms with Crippen molar-refractivity contribution in [2.75, 3.05) is 0 Å². The minimum atomic E-state index is -0.605. The molecule has 0 amide bonds. The zero-order valence-electron chi connectivity index (χ0n) is 12.8. The standard InChI is InChI=1S/C11H11.C7H9.2ClH.Zr/c1-8-3-6-11-9(2)4-5-10(11)7-8;1-2-7-5-3-4-6-7;;;/h3-7H,1-2H3;3,5H,2,4H2,1H3;2*1H;. The smallest absolute Gasteiger partial charge is 0.147 e. The van der Waals surface area contributed by atoms with Crippen LogP contribution in [-0.4, -0.2) is 0 Å². The van der Waals surface area contributed by atoms with Crippen molar-refractivity contribution in [1.29, 1.82) is 0 Å². The third-order valence-electron chi connectivity index (χ3n) is 4.18. The van der Waals surface area contributed by atoms with Gasteiger partial charge in [-0.1, -0.05) is 0 Å². The molecule has 0 spiro atoms. The van der Waals surface area contributed by atoms with E-state index in [4.69, 9.17) is 0 Å². The van der Waals surface area contributed by atoms with Crippen molar-refractivity contribution >= 4 is 30.9 Å². The molecule has 0 aromatic heterocycles. The molecule has 0 radical (unpaired) electrons. The first-order chi connectivity index (χ1) is 9.12. The van der Waals surface area contributed by atoms with Crippen LogP contribution in [0.15, 0.2) is 45.3 Å². The average molecular weight is 401 g/mol. The summed E-state index contributed by atoms with van der Waals surface area (Å²) in [5.74, 6) is 0. The summed E-state index contributed by atoms with van der Waals surface area (Å²) < 4.78 is 2.15. The van der Waals surface area contributed by atoms with Gasteiger partial charge in [-0.3, -0.25) is 0 Å². The van der Waals surface area contributed by atoms with Crippen LogP contribution in [0, 0.1) is 6.92 Å². The zero-order chi connectivity index (χ0) is 13.5. The summed E-state index contributed by atoms with van der Waals surface area (Å²) in [6.07, 6.45) is 12.0. The van der Waals surface area contributed by atoms with Gasteiger partial charge in [-0.2, -0.15) is 0 Å². The van der Waals surface area contributed by atoms with Gasteiger partial charge in [0.25, 0.3) is 0 Å². The van der Waals surface area contributed by atoms with Crippen molar-refractivity contribution in [3.05, 3.63) is 62.0 Å². The molecule has 112 valence electrons. The van der Waals surface area contributed by atoms with Gasteiger partial charge in [0.15, 0.2) is 0 Å². The summed E-state index contributed by atoms with van der Waals surface area (Å²) in [4.78, 5) is 0. The topological polar surface area (TPSA) is 0 Å². The third-order valence-corrected chi connectivity index (χ3v) is 8.56. The van der Waals surface area contributed by atoms with Crippen molar-refractivity contribution in [2.24, 2.45) is 0 Å². The molecule has 0 N–H and O–H groups in total. The molecule has 0 bridgehead atoms. The van der Waals surface area contributed by atoms with Crippen LogP contribution >= 0.6 is 24.8 Å². The van der Waals surface area contributed by atoms with E-state index in [2.05, 4.69) is 63.3 Å². The predicted octanol–water partition coefficient (Wildman–Crippen LogP) is 5.79. The maximum atomic E-state index is 2.47. The molecule has 0 fully saturated rings. The molecular weight excluding hydrogens is 378 g/mol. The molecule has 1 atom stereocenters. The SMILES string of the molecule is CCC1=[C]([Zr][C]2(C)C=Cc3cc(C)ccc32)CC=C1.Cl.Cl. The predicted molar refractivity (Wildman–Crippen MR) is 93.1 cm³/mol. The van der Waals surface area contributed by atoms with Crippen molar-refractivity contribution < 1.29 is 23.2 Å². The maximum absolute atomic E-state index is 2.47. The molecule has 0 nitrogen and oxygen atoms in total. The third kappa shape index (κ3) is 3.63. The van der Waals surface area contributed by atoms with E-state index in [-0.39, 0.29) is 24.8 Å². The second-order valence-corrected chi connectivity index (χ2v) is 10.4.